The molecule has 4 heteroatoms. The fraction of sp³-hybridized carbons (Fsp3) is 0.250. The Morgan fingerprint density at radius 2 is 2.42 bits per heavy atom. The van der Waals surface area contributed by atoms with E-state index in [0.717, 1.165) is 6.20 Å². The predicted molar refractivity (Wildman–Crippen MR) is 40.3 cm³/mol. The normalized spacial score (nSPS) is 9.83. The molecule has 64 valence electrons. The van der Waals surface area contributed by atoms with Gasteiger partial charge in [-0.15, -0.1) is 0 Å². The molecule has 3 nitrogen and oxygen atoms in total. The van der Waals surface area contributed by atoms with E-state index in [2.05, 4.69) is 4.98 Å². The van der Waals surface area contributed by atoms with E-state index >= 15 is 0 Å². The molecule has 0 fully saturated rings. The minimum absolute atomic E-state index is 0.166. The summed E-state index contributed by atoms with van der Waals surface area (Å²) in [7, 11) is 0. The fourth-order valence-electron chi connectivity index (χ4n) is 0.849. The van der Waals surface area contributed by atoms with Crippen LogP contribution in [0.1, 0.15) is 11.3 Å². The molecule has 1 rings (SSSR count). The average molecular weight is 169 g/mol. The minimum Gasteiger partial charge on any atom is -0.481 e. The van der Waals surface area contributed by atoms with E-state index in [-0.39, 0.29) is 6.42 Å². The number of aliphatic carboxylic acids is 1. The number of rotatable bonds is 2. The van der Waals surface area contributed by atoms with Gasteiger partial charge in [-0.1, -0.05) is 0 Å². The van der Waals surface area contributed by atoms with Crippen molar-refractivity contribution in [1.29, 1.82) is 0 Å². The van der Waals surface area contributed by atoms with Gasteiger partial charge in [-0.25, -0.2) is 4.39 Å². The average Bonchev–Trinajstić information content (AvgIpc) is 1.96. The summed E-state index contributed by atoms with van der Waals surface area (Å²) >= 11 is 0. The molecule has 0 aliphatic heterocycles. The Balaban J connectivity index is 2.89. The minimum atomic E-state index is -0.964. The maximum Gasteiger partial charge on any atom is 0.309 e. The van der Waals surface area contributed by atoms with Crippen LogP contribution in [0.3, 0.4) is 0 Å². The molecule has 0 saturated carbocycles. The van der Waals surface area contributed by atoms with Crippen molar-refractivity contribution >= 4 is 5.97 Å². The van der Waals surface area contributed by atoms with Crippen molar-refractivity contribution < 1.29 is 14.3 Å². The number of hydrogen-bond acceptors (Lipinski definition) is 2. The number of halogens is 1. The molecule has 0 spiro atoms. The lowest BCUT2D eigenvalue weighted by atomic mass is 10.2. The molecule has 0 radical (unpaired) electrons. The third-order valence-corrected chi connectivity index (χ3v) is 1.44. The van der Waals surface area contributed by atoms with E-state index in [0.29, 0.717) is 11.3 Å². The van der Waals surface area contributed by atoms with Gasteiger partial charge in [0, 0.05) is 0 Å². The second-order valence-corrected chi connectivity index (χ2v) is 2.50. The number of pyridine rings is 1. The summed E-state index contributed by atoms with van der Waals surface area (Å²) < 4.78 is 12.6. The van der Waals surface area contributed by atoms with Crippen LogP contribution in [-0.2, 0) is 11.2 Å². The molecule has 0 saturated heterocycles. The van der Waals surface area contributed by atoms with Crippen LogP contribution in [0.15, 0.2) is 12.3 Å². The molecule has 0 aliphatic carbocycles. The Labute approximate surface area is 68.9 Å². The summed E-state index contributed by atoms with van der Waals surface area (Å²) in [6.45, 7) is 1.57. The van der Waals surface area contributed by atoms with Gasteiger partial charge in [0.1, 0.15) is 5.82 Å². The Morgan fingerprint density at radius 1 is 1.75 bits per heavy atom. The smallest absolute Gasteiger partial charge is 0.309 e. The van der Waals surface area contributed by atoms with Gasteiger partial charge < -0.3 is 5.11 Å². The Morgan fingerprint density at radius 3 is 2.92 bits per heavy atom. The molecule has 0 unspecified atom stereocenters. The number of carboxylic acid groups (broad SMARTS) is 1. The maximum absolute atomic E-state index is 12.6. The molecule has 1 heterocycles. The Bertz CT molecular complexity index is 312. The molecule has 0 bridgehead atoms. The summed E-state index contributed by atoms with van der Waals surface area (Å²) in [6, 6.07) is 1.43. The highest BCUT2D eigenvalue weighted by Crippen LogP contribution is 2.06. The third-order valence-electron chi connectivity index (χ3n) is 1.44. The van der Waals surface area contributed by atoms with Crippen LogP contribution in [-0.4, -0.2) is 16.1 Å². The van der Waals surface area contributed by atoms with Crippen LogP contribution in [0.4, 0.5) is 4.39 Å². The first kappa shape index (κ1) is 8.64. The lowest BCUT2D eigenvalue weighted by Gasteiger charge is -1.98. The van der Waals surface area contributed by atoms with Gasteiger partial charge >= 0.3 is 5.97 Å². The zero-order valence-corrected chi connectivity index (χ0v) is 6.54. The summed E-state index contributed by atoms with van der Waals surface area (Å²) in [5.74, 6) is -1.38. The van der Waals surface area contributed by atoms with E-state index in [1.54, 1.807) is 6.92 Å². The maximum atomic E-state index is 12.6. The number of nitrogens with zero attached hydrogens (tertiary/aromatic N) is 1. The van der Waals surface area contributed by atoms with Crippen molar-refractivity contribution in [2.24, 2.45) is 0 Å². The van der Waals surface area contributed by atoms with Crippen molar-refractivity contribution in [3.63, 3.8) is 0 Å². The van der Waals surface area contributed by atoms with Crippen LogP contribution >= 0.6 is 0 Å². The summed E-state index contributed by atoms with van der Waals surface area (Å²) in [5, 5.41) is 8.39. The quantitative estimate of drug-likeness (QED) is 0.722. The Kier molecular flexibility index (Phi) is 2.38. The molecule has 0 aliphatic rings. The highest BCUT2D eigenvalue weighted by Gasteiger charge is 2.04. The molecule has 1 aromatic heterocycles. The van der Waals surface area contributed by atoms with Crippen LogP contribution in [0.5, 0.6) is 0 Å². The second kappa shape index (κ2) is 3.30. The standard InChI is InChI=1S/C8H8FNO2/c1-5-2-6(3-8(11)12)10-4-7(5)9/h2,4H,3H2,1H3,(H,11,12). The first-order valence-corrected chi connectivity index (χ1v) is 3.42. The second-order valence-electron chi connectivity index (χ2n) is 2.50. The molecule has 0 aromatic carbocycles. The number of carbonyl (C=O) groups is 1. The van der Waals surface area contributed by atoms with Gasteiger partial charge in [0.2, 0.25) is 0 Å². The third kappa shape index (κ3) is 2.02. The van der Waals surface area contributed by atoms with Crippen LogP contribution < -0.4 is 0 Å². The van der Waals surface area contributed by atoms with Crippen molar-refractivity contribution in [2.75, 3.05) is 0 Å². The van der Waals surface area contributed by atoms with E-state index in [1.165, 1.54) is 6.07 Å². The largest absolute Gasteiger partial charge is 0.481 e. The fourth-order valence-corrected chi connectivity index (χ4v) is 0.849. The number of aromatic nitrogens is 1. The van der Waals surface area contributed by atoms with E-state index in [9.17, 15) is 9.18 Å². The number of carboxylic acids is 1. The van der Waals surface area contributed by atoms with Gasteiger partial charge in [0.25, 0.3) is 0 Å². The van der Waals surface area contributed by atoms with Crippen molar-refractivity contribution in [2.45, 2.75) is 13.3 Å². The number of hydrogen-bond donors (Lipinski definition) is 1. The molecule has 1 aromatic rings. The topological polar surface area (TPSA) is 50.2 Å². The summed E-state index contributed by atoms with van der Waals surface area (Å²) in [5.41, 5.74) is 0.794. The summed E-state index contributed by atoms with van der Waals surface area (Å²) in [6.07, 6.45) is 0.870. The van der Waals surface area contributed by atoms with Crippen LogP contribution in [0, 0.1) is 12.7 Å². The van der Waals surface area contributed by atoms with Gasteiger partial charge in [-0.3, -0.25) is 9.78 Å². The van der Waals surface area contributed by atoms with Crippen LogP contribution in [0.2, 0.25) is 0 Å². The van der Waals surface area contributed by atoms with E-state index in [4.69, 9.17) is 5.11 Å². The summed E-state index contributed by atoms with van der Waals surface area (Å²) in [4.78, 5) is 13.9. The van der Waals surface area contributed by atoms with Gasteiger partial charge in [0.15, 0.2) is 0 Å². The van der Waals surface area contributed by atoms with Crippen molar-refractivity contribution in [3.8, 4) is 0 Å². The monoisotopic (exact) mass is 169 g/mol. The molecule has 0 amide bonds. The predicted octanol–water partition coefficient (Wildman–Crippen LogP) is 1.16. The first-order chi connectivity index (χ1) is 5.59. The van der Waals surface area contributed by atoms with Gasteiger partial charge in [0.05, 0.1) is 18.3 Å². The van der Waals surface area contributed by atoms with Crippen LogP contribution in [0.25, 0.3) is 0 Å². The lowest BCUT2D eigenvalue weighted by Crippen LogP contribution is -2.03. The zero-order valence-electron chi connectivity index (χ0n) is 6.54. The molecular formula is C8H8FNO2. The SMILES string of the molecule is Cc1cc(CC(=O)O)ncc1F. The van der Waals surface area contributed by atoms with E-state index in [1.807, 2.05) is 0 Å². The van der Waals surface area contributed by atoms with Gasteiger partial charge in [-0.05, 0) is 18.6 Å². The lowest BCUT2D eigenvalue weighted by molar-refractivity contribution is -0.136. The molecular weight excluding hydrogens is 161 g/mol. The van der Waals surface area contributed by atoms with Gasteiger partial charge in [-0.2, -0.15) is 0 Å². The van der Waals surface area contributed by atoms with E-state index < -0.39 is 11.8 Å². The van der Waals surface area contributed by atoms with Crippen molar-refractivity contribution in [1.82, 2.24) is 4.98 Å². The molecule has 1 N–H and O–H groups in total. The highest BCUT2D eigenvalue weighted by molar-refractivity contribution is 5.69. The molecule has 0 atom stereocenters. The number of aryl methyl sites for hydroxylation is 1. The molecule has 12 heavy (non-hydrogen) atoms. The Hall–Kier alpha value is -1.45. The zero-order chi connectivity index (χ0) is 9.14. The first-order valence-electron chi connectivity index (χ1n) is 3.42. The highest BCUT2D eigenvalue weighted by atomic mass is 19.1. The van der Waals surface area contributed by atoms with Crippen molar-refractivity contribution in [3.05, 3.63) is 29.3 Å².